The molecule has 1 heterocycles. The zero-order valence-electron chi connectivity index (χ0n) is 11.8. The number of halogens is 2. The first-order chi connectivity index (χ1) is 9.84. The lowest BCUT2D eigenvalue weighted by atomic mass is 9.89. The van der Waals surface area contributed by atoms with Crippen molar-refractivity contribution in [2.75, 3.05) is 4.90 Å². The quantitative estimate of drug-likeness (QED) is 0.908. The van der Waals surface area contributed by atoms with E-state index in [2.05, 4.69) is 5.32 Å². The Morgan fingerprint density at radius 1 is 1.24 bits per heavy atom. The molecule has 0 aromatic heterocycles. The average Bonchev–Trinajstić information content (AvgIpc) is 3.26. The van der Waals surface area contributed by atoms with E-state index in [-0.39, 0.29) is 17.7 Å². The third kappa shape index (κ3) is 2.30. The van der Waals surface area contributed by atoms with Gasteiger partial charge in [0.25, 0.3) is 5.91 Å². The summed E-state index contributed by atoms with van der Waals surface area (Å²) >= 11 is 12.0. The van der Waals surface area contributed by atoms with Gasteiger partial charge in [0.15, 0.2) is 0 Å². The SMILES string of the molecule is CC1C(=O)NC(C)(C2CC2)C(=O)N1c1ccc(Cl)c(Cl)c1. The first-order valence-electron chi connectivity index (χ1n) is 6.95. The van der Waals surface area contributed by atoms with Crippen molar-refractivity contribution in [3.8, 4) is 0 Å². The number of carbonyl (C=O) groups excluding carboxylic acids is 2. The van der Waals surface area contributed by atoms with Gasteiger partial charge in [-0.05, 0) is 50.8 Å². The Kier molecular flexibility index (Phi) is 3.41. The predicted octanol–water partition coefficient (Wildman–Crippen LogP) is 3.01. The lowest BCUT2D eigenvalue weighted by Gasteiger charge is -2.43. The molecule has 0 spiro atoms. The number of piperazine rings is 1. The van der Waals surface area contributed by atoms with Crippen LogP contribution in [0, 0.1) is 5.92 Å². The topological polar surface area (TPSA) is 49.4 Å². The summed E-state index contributed by atoms with van der Waals surface area (Å²) in [6.45, 7) is 3.52. The third-order valence-corrected chi connectivity index (χ3v) is 5.13. The Hall–Kier alpha value is -1.26. The van der Waals surface area contributed by atoms with Gasteiger partial charge in [-0.3, -0.25) is 14.5 Å². The van der Waals surface area contributed by atoms with Crippen molar-refractivity contribution in [2.24, 2.45) is 5.92 Å². The van der Waals surface area contributed by atoms with Crippen molar-refractivity contribution in [3.63, 3.8) is 0 Å². The Morgan fingerprint density at radius 3 is 2.48 bits per heavy atom. The zero-order chi connectivity index (χ0) is 15.4. The van der Waals surface area contributed by atoms with Crippen molar-refractivity contribution in [1.82, 2.24) is 5.32 Å². The molecule has 2 fully saturated rings. The van der Waals surface area contributed by atoms with Crippen molar-refractivity contribution >= 4 is 40.7 Å². The van der Waals surface area contributed by atoms with Crippen LogP contribution in [0.5, 0.6) is 0 Å². The molecule has 0 radical (unpaired) electrons. The molecule has 1 saturated heterocycles. The number of rotatable bonds is 2. The molecule has 112 valence electrons. The molecular weight excluding hydrogens is 311 g/mol. The molecule has 2 unspecified atom stereocenters. The van der Waals surface area contributed by atoms with E-state index in [1.54, 1.807) is 32.0 Å². The number of nitrogens with one attached hydrogen (secondary N) is 1. The largest absolute Gasteiger partial charge is 0.340 e. The van der Waals surface area contributed by atoms with E-state index in [9.17, 15) is 9.59 Å². The minimum atomic E-state index is -0.824. The minimum Gasteiger partial charge on any atom is -0.340 e. The van der Waals surface area contributed by atoms with E-state index in [0.717, 1.165) is 12.8 Å². The second-order valence-electron chi connectivity index (χ2n) is 5.92. The van der Waals surface area contributed by atoms with Crippen LogP contribution in [0.1, 0.15) is 26.7 Å². The number of nitrogens with zero attached hydrogens (tertiary/aromatic N) is 1. The van der Waals surface area contributed by atoms with Gasteiger partial charge in [-0.1, -0.05) is 23.2 Å². The highest BCUT2D eigenvalue weighted by molar-refractivity contribution is 6.42. The lowest BCUT2D eigenvalue weighted by molar-refractivity contribution is -0.138. The van der Waals surface area contributed by atoms with Crippen LogP contribution >= 0.6 is 23.2 Å². The van der Waals surface area contributed by atoms with Gasteiger partial charge in [-0.25, -0.2) is 0 Å². The fourth-order valence-corrected chi connectivity index (χ4v) is 3.16. The van der Waals surface area contributed by atoms with Crippen LogP contribution < -0.4 is 10.2 Å². The Balaban J connectivity index is 2.03. The molecule has 1 aromatic rings. The molecule has 2 aliphatic rings. The van der Waals surface area contributed by atoms with Crippen molar-refractivity contribution in [3.05, 3.63) is 28.2 Å². The van der Waals surface area contributed by atoms with Gasteiger partial charge in [0.05, 0.1) is 10.0 Å². The molecule has 2 atom stereocenters. The van der Waals surface area contributed by atoms with Crippen molar-refractivity contribution in [2.45, 2.75) is 38.3 Å². The van der Waals surface area contributed by atoms with E-state index >= 15 is 0 Å². The summed E-state index contributed by atoms with van der Waals surface area (Å²) in [6, 6.07) is 4.42. The minimum absolute atomic E-state index is 0.0875. The molecule has 3 rings (SSSR count). The fraction of sp³-hybridized carbons (Fsp3) is 0.467. The monoisotopic (exact) mass is 326 g/mol. The van der Waals surface area contributed by atoms with Crippen LogP contribution in [0.2, 0.25) is 10.0 Å². The predicted molar refractivity (Wildman–Crippen MR) is 82.7 cm³/mol. The van der Waals surface area contributed by atoms with Crippen LogP contribution in [0.3, 0.4) is 0 Å². The smallest absolute Gasteiger partial charge is 0.253 e. The van der Waals surface area contributed by atoms with Gasteiger partial charge in [-0.15, -0.1) is 0 Å². The summed E-state index contributed by atoms with van der Waals surface area (Å²) < 4.78 is 0. The van der Waals surface area contributed by atoms with Crippen LogP contribution in [0.15, 0.2) is 18.2 Å². The van der Waals surface area contributed by atoms with Crippen LogP contribution in [-0.4, -0.2) is 23.4 Å². The average molecular weight is 327 g/mol. The summed E-state index contributed by atoms with van der Waals surface area (Å²) in [5.41, 5.74) is -0.223. The van der Waals surface area contributed by atoms with E-state index < -0.39 is 11.6 Å². The molecule has 6 heteroatoms. The summed E-state index contributed by atoms with van der Waals surface area (Å²) in [5.74, 6) is -0.0164. The molecule has 2 amide bonds. The second-order valence-corrected chi connectivity index (χ2v) is 6.73. The molecule has 0 bridgehead atoms. The number of benzene rings is 1. The maximum atomic E-state index is 12.9. The van der Waals surface area contributed by atoms with E-state index in [1.807, 2.05) is 0 Å². The van der Waals surface area contributed by atoms with E-state index in [1.165, 1.54) is 4.90 Å². The van der Waals surface area contributed by atoms with Gasteiger partial charge in [0, 0.05) is 5.69 Å². The molecule has 1 aliphatic heterocycles. The molecule has 1 N–H and O–H groups in total. The lowest BCUT2D eigenvalue weighted by Crippen LogP contribution is -2.69. The maximum Gasteiger partial charge on any atom is 0.253 e. The molecule has 21 heavy (non-hydrogen) atoms. The third-order valence-electron chi connectivity index (χ3n) is 4.39. The van der Waals surface area contributed by atoms with Crippen molar-refractivity contribution in [1.29, 1.82) is 0 Å². The van der Waals surface area contributed by atoms with Gasteiger partial charge < -0.3 is 5.32 Å². The first-order valence-corrected chi connectivity index (χ1v) is 7.71. The van der Waals surface area contributed by atoms with Gasteiger partial charge in [0.1, 0.15) is 11.6 Å². The number of anilines is 1. The number of carbonyl (C=O) groups is 2. The summed E-state index contributed by atoms with van der Waals surface area (Å²) in [7, 11) is 0. The highest BCUT2D eigenvalue weighted by Gasteiger charge is 2.54. The van der Waals surface area contributed by atoms with Crippen LogP contribution in [-0.2, 0) is 9.59 Å². The van der Waals surface area contributed by atoms with Crippen LogP contribution in [0.25, 0.3) is 0 Å². The van der Waals surface area contributed by atoms with Crippen LogP contribution in [0.4, 0.5) is 5.69 Å². The molecule has 1 aliphatic carbocycles. The highest BCUT2D eigenvalue weighted by atomic mass is 35.5. The normalized spacial score (nSPS) is 29.5. The molecule has 4 nitrogen and oxygen atoms in total. The summed E-state index contributed by atoms with van der Waals surface area (Å²) in [5, 5.41) is 3.68. The second kappa shape index (κ2) is 4.89. The summed E-state index contributed by atoms with van der Waals surface area (Å²) in [4.78, 5) is 26.7. The van der Waals surface area contributed by atoms with E-state index in [4.69, 9.17) is 23.2 Å². The molecular formula is C15H16Cl2N2O2. The Morgan fingerprint density at radius 2 is 1.90 bits per heavy atom. The van der Waals surface area contributed by atoms with Crippen molar-refractivity contribution < 1.29 is 9.59 Å². The highest BCUT2D eigenvalue weighted by Crippen LogP contribution is 2.43. The van der Waals surface area contributed by atoms with Gasteiger partial charge >= 0.3 is 0 Å². The molecule has 1 saturated carbocycles. The fourth-order valence-electron chi connectivity index (χ4n) is 2.87. The summed E-state index contributed by atoms with van der Waals surface area (Å²) in [6.07, 6.45) is 1.93. The van der Waals surface area contributed by atoms with Gasteiger partial charge in [0.2, 0.25) is 5.91 Å². The number of hydrogen-bond donors (Lipinski definition) is 1. The Bertz CT molecular complexity index is 630. The standard InChI is InChI=1S/C15H16Cl2N2O2/c1-8-13(20)18-15(2,9-3-4-9)14(21)19(8)10-5-6-11(16)12(17)7-10/h5-9H,3-4H2,1-2H3,(H,18,20). The zero-order valence-corrected chi connectivity index (χ0v) is 13.3. The number of amides is 2. The van der Waals surface area contributed by atoms with E-state index in [0.29, 0.717) is 15.7 Å². The first kappa shape index (κ1) is 14.7. The molecule has 1 aromatic carbocycles. The maximum absolute atomic E-state index is 12.9. The number of hydrogen-bond acceptors (Lipinski definition) is 2. The Labute approximate surface area is 133 Å². The van der Waals surface area contributed by atoms with Gasteiger partial charge in [-0.2, -0.15) is 0 Å².